The van der Waals surface area contributed by atoms with E-state index in [2.05, 4.69) is 27.4 Å². The van der Waals surface area contributed by atoms with Gasteiger partial charge in [0, 0.05) is 23.6 Å². The molecule has 1 aromatic rings. The van der Waals surface area contributed by atoms with Crippen LogP contribution in [-0.2, 0) is 0 Å². The van der Waals surface area contributed by atoms with Gasteiger partial charge in [0.2, 0.25) is 0 Å². The number of aldehydes is 1. The van der Waals surface area contributed by atoms with Crippen molar-refractivity contribution in [2.45, 2.75) is 6.92 Å². The molecule has 0 heterocycles. The molecule has 0 spiro atoms. The molecular weight excluding hydrogens is 254 g/mol. The van der Waals surface area contributed by atoms with Crippen molar-refractivity contribution in [3.05, 3.63) is 40.4 Å². The van der Waals surface area contributed by atoms with Crippen molar-refractivity contribution in [2.24, 2.45) is 0 Å². The van der Waals surface area contributed by atoms with Crippen LogP contribution in [0.4, 0.5) is 5.69 Å². The molecule has 15 heavy (non-hydrogen) atoms. The average molecular weight is 268 g/mol. The van der Waals surface area contributed by atoms with Crippen LogP contribution < -0.4 is 4.90 Å². The van der Waals surface area contributed by atoms with Crippen molar-refractivity contribution in [1.29, 1.82) is 0 Å². The normalized spacial score (nSPS) is 9.80. The molecule has 0 N–H and O–H groups in total. The van der Waals surface area contributed by atoms with Gasteiger partial charge in [0.1, 0.15) is 6.29 Å². The second kappa shape index (κ2) is 5.12. The lowest BCUT2D eigenvalue weighted by molar-refractivity contribution is 0.112. The minimum atomic E-state index is 0.675. The molecule has 0 bridgehead atoms. The van der Waals surface area contributed by atoms with Crippen LogP contribution in [-0.4, -0.2) is 19.9 Å². The molecule has 1 rings (SSSR count). The van der Waals surface area contributed by atoms with E-state index >= 15 is 0 Å². The maximum atomic E-state index is 10.6. The number of rotatable bonds is 4. The Balaban J connectivity index is 2.94. The van der Waals surface area contributed by atoms with Crippen LogP contribution in [0.3, 0.4) is 0 Å². The quantitative estimate of drug-likeness (QED) is 0.617. The monoisotopic (exact) mass is 267 g/mol. The Morgan fingerprint density at radius 3 is 2.73 bits per heavy atom. The number of carbonyl (C=O) groups excluding carboxylic acids is 1. The molecular formula is C12H14BrNO. The summed E-state index contributed by atoms with van der Waals surface area (Å²) in [6, 6.07) is 5.55. The molecule has 1 aromatic carbocycles. The van der Waals surface area contributed by atoms with E-state index < -0.39 is 0 Å². The number of nitrogens with zero attached hydrogens (tertiary/aromatic N) is 1. The van der Waals surface area contributed by atoms with Crippen LogP contribution in [0.1, 0.15) is 17.3 Å². The van der Waals surface area contributed by atoms with Gasteiger partial charge in [-0.1, -0.05) is 12.2 Å². The van der Waals surface area contributed by atoms with Crippen molar-refractivity contribution >= 4 is 27.9 Å². The molecule has 3 heteroatoms. The lowest BCUT2D eigenvalue weighted by atomic mass is 10.2. The van der Waals surface area contributed by atoms with E-state index in [9.17, 15) is 4.79 Å². The molecule has 80 valence electrons. The Kier molecular flexibility index (Phi) is 4.09. The van der Waals surface area contributed by atoms with E-state index in [1.165, 1.54) is 0 Å². The maximum Gasteiger partial charge on any atom is 0.150 e. The summed E-state index contributed by atoms with van der Waals surface area (Å²) in [5.74, 6) is 0. The molecule has 0 aliphatic rings. The summed E-state index contributed by atoms with van der Waals surface area (Å²) in [6.45, 7) is 6.67. The highest BCUT2D eigenvalue weighted by atomic mass is 79.9. The first kappa shape index (κ1) is 12.0. The third-order valence-electron chi connectivity index (χ3n) is 2.03. The van der Waals surface area contributed by atoms with Gasteiger partial charge < -0.3 is 4.90 Å². The Hall–Kier alpha value is -1.09. The van der Waals surface area contributed by atoms with E-state index in [0.717, 1.165) is 28.6 Å². The second-order valence-electron chi connectivity index (χ2n) is 3.64. The van der Waals surface area contributed by atoms with Crippen molar-refractivity contribution in [2.75, 3.05) is 18.5 Å². The smallest absolute Gasteiger partial charge is 0.150 e. The fourth-order valence-corrected chi connectivity index (χ4v) is 2.10. The second-order valence-corrected chi connectivity index (χ2v) is 4.50. The fraction of sp³-hybridized carbons (Fsp3) is 0.250. The van der Waals surface area contributed by atoms with Crippen molar-refractivity contribution in [1.82, 2.24) is 0 Å². The minimum Gasteiger partial charge on any atom is -0.370 e. The van der Waals surface area contributed by atoms with Gasteiger partial charge in [0.25, 0.3) is 0 Å². The molecule has 0 fully saturated rings. The van der Waals surface area contributed by atoms with Crippen LogP contribution in [0.25, 0.3) is 0 Å². The first-order valence-corrected chi connectivity index (χ1v) is 5.44. The Bertz CT molecular complexity index is 387. The highest BCUT2D eigenvalue weighted by Crippen LogP contribution is 2.26. The Morgan fingerprint density at radius 2 is 2.27 bits per heavy atom. The van der Waals surface area contributed by atoms with E-state index in [1.54, 1.807) is 0 Å². The van der Waals surface area contributed by atoms with Crippen molar-refractivity contribution in [3.8, 4) is 0 Å². The summed E-state index contributed by atoms with van der Waals surface area (Å²) in [7, 11) is 2.00. The predicted octanol–water partition coefficient (Wildman–Crippen LogP) is 3.27. The molecule has 0 aliphatic carbocycles. The summed E-state index contributed by atoms with van der Waals surface area (Å²) in [5, 5.41) is 0. The number of benzene rings is 1. The maximum absolute atomic E-state index is 10.6. The number of halogens is 1. The topological polar surface area (TPSA) is 20.3 Å². The van der Waals surface area contributed by atoms with Gasteiger partial charge in [-0.15, -0.1) is 0 Å². The fourth-order valence-electron chi connectivity index (χ4n) is 1.40. The molecule has 0 saturated heterocycles. The molecule has 0 aliphatic heterocycles. The van der Waals surface area contributed by atoms with Gasteiger partial charge in [-0.25, -0.2) is 0 Å². The van der Waals surface area contributed by atoms with Gasteiger partial charge in [0.05, 0.1) is 5.69 Å². The molecule has 0 saturated carbocycles. The molecule has 0 atom stereocenters. The highest BCUT2D eigenvalue weighted by Gasteiger charge is 2.06. The zero-order valence-corrected chi connectivity index (χ0v) is 10.5. The number of anilines is 1. The molecule has 2 nitrogen and oxygen atoms in total. The van der Waals surface area contributed by atoms with Crippen LogP contribution in [0.2, 0.25) is 0 Å². The first-order valence-electron chi connectivity index (χ1n) is 4.65. The largest absolute Gasteiger partial charge is 0.370 e. The van der Waals surface area contributed by atoms with Gasteiger partial charge in [-0.3, -0.25) is 4.79 Å². The number of hydrogen-bond acceptors (Lipinski definition) is 2. The molecule has 0 radical (unpaired) electrons. The Morgan fingerprint density at radius 1 is 1.60 bits per heavy atom. The van der Waals surface area contributed by atoms with E-state index in [1.807, 2.05) is 32.2 Å². The summed E-state index contributed by atoms with van der Waals surface area (Å²) in [5.41, 5.74) is 2.84. The van der Waals surface area contributed by atoms with Gasteiger partial charge in [0.15, 0.2) is 0 Å². The van der Waals surface area contributed by atoms with Crippen LogP contribution in [0, 0.1) is 0 Å². The summed E-state index contributed by atoms with van der Waals surface area (Å²) in [4.78, 5) is 12.7. The third-order valence-corrected chi connectivity index (χ3v) is 2.66. The zero-order valence-electron chi connectivity index (χ0n) is 8.96. The SMILES string of the molecule is C=C(C)CN(C)c1ccc(C=O)cc1Br. The van der Waals surface area contributed by atoms with E-state index in [-0.39, 0.29) is 0 Å². The van der Waals surface area contributed by atoms with Crippen LogP contribution in [0.5, 0.6) is 0 Å². The number of likely N-dealkylation sites (N-methyl/N-ethyl adjacent to an activating group) is 1. The lowest BCUT2D eigenvalue weighted by Gasteiger charge is -2.20. The van der Waals surface area contributed by atoms with Gasteiger partial charge >= 0.3 is 0 Å². The van der Waals surface area contributed by atoms with Crippen molar-refractivity contribution < 1.29 is 4.79 Å². The highest BCUT2D eigenvalue weighted by molar-refractivity contribution is 9.10. The number of hydrogen-bond donors (Lipinski definition) is 0. The molecule has 0 aromatic heterocycles. The summed E-state index contributed by atoms with van der Waals surface area (Å²) in [6.07, 6.45) is 0.841. The third kappa shape index (κ3) is 3.20. The van der Waals surface area contributed by atoms with E-state index in [4.69, 9.17) is 0 Å². The Labute approximate surface area is 98.7 Å². The predicted molar refractivity (Wildman–Crippen MR) is 67.6 cm³/mol. The average Bonchev–Trinajstić information content (AvgIpc) is 2.16. The van der Waals surface area contributed by atoms with Gasteiger partial charge in [-0.05, 0) is 41.1 Å². The lowest BCUT2D eigenvalue weighted by Crippen LogP contribution is -2.19. The van der Waals surface area contributed by atoms with Crippen molar-refractivity contribution in [3.63, 3.8) is 0 Å². The van der Waals surface area contributed by atoms with Crippen LogP contribution >= 0.6 is 15.9 Å². The first-order chi connectivity index (χ1) is 7.04. The molecule has 0 unspecified atom stereocenters. The summed E-state index contributed by atoms with van der Waals surface area (Å²) >= 11 is 3.45. The standard InChI is InChI=1S/C12H14BrNO/c1-9(2)7-14(3)12-5-4-10(8-15)6-11(12)13/h4-6,8H,1,7H2,2-3H3. The number of carbonyl (C=O) groups is 1. The molecule has 0 amide bonds. The minimum absolute atomic E-state index is 0.675. The summed E-state index contributed by atoms with van der Waals surface area (Å²) < 4.78 is 0.927. The zero-order chi connectivity index (χ0) is 11.4. The van der Waals surface area contributed by atoms with Gasteiger partial charge in [-0.2, -0.15) is 0 Å². The van der Waals surface area contributed by atoms with Crippen LogP contribution in [0.15, 0.2) is 34.8 Å². The van der Waals surface area contributed by atoms with E-state index in [0.29, 0.717) is 5.56 Å².